The molecule has 0 bridgehead atoms. The van der Waals surface area contributed by atoms with Crippen molar-refractivity contribution in [3.05, 3.63) is 29.8 Å². The normalized spacial score (nSPS) is 13.1. The average Bonchev–Trinajstić information content (AvgIpc) is 2.53. The van der Waals surface area contributed by atoms with Crippen LogP contribution in [0.5, 0.6) is 0 Å². The largest absolute Gasteiger partial charge is 0.336 e. The van der Waals surface area contributed by atoms with E-state index in [-0.39, 0.29) is 22.9 Å². The van der Waals surface area contributed by atoms with Gasteiger partial charge in [0.05, 0.1) is 4.90 Å². The van der Waals surface area contributed by atoms with Crippen LogP contribution < -0.4 is 4.72 Å². The maximum absolute atomic E-state index is 12.8. The molecule has 5 nitrogen and oxygen atoms in total. The number of sulfonamides is 1. The Morgan fingerprint density at radius 3 is 2.17 bits per heavy atom. The SMILES string of the molecule is CCCCN(C(=O)c1ccc(S(=O)(=O)NC(C)C)cc1)C(C)CC. The minimum Gasteiger partial charge on any atom is -0.336 e. The second-order valence-corrected chi connectivity index (χ2v) is 8.12. The average molecular weight is 355 g/mol. The number of benzene rings is 1. The maximum atomic E-state index is 12.8. The first-order valence-corrected chi connectivity index (χ1v) is 10.1. The molecule has 1 aromatic rings. The molecule has 1 rings (SSSR count). The third-order valence-corrected chi connectivity index (χ3v) is 5.61. The van der Waals surface area contributed by atoms with Crippen LogP contribution in [0.3, 0.4) is 0 Å². The number of unbranched alkanes of at least 4 members (excludes halogenated alkanes) is 1. The molecule has 6 heteroatoms. The van der Waals surface area contributed by atoms with Crippen molar-refractivity contribution >= 4 is 15.9 Å². The first kappa shape index (κ1) is 20.6. The molecule has 0 saturated carbocycles. The van der Waals surface area contributed by atoms with Gasteiger partial charge in [-0.25, -0.2) is 13.1 Å². The lowest BCUT2D eigenvalue weighted by Gasteiger charge is -2.28. The van der Waals surface area contributed by atoms with E-state index >= 15 is 0 Å². The minimum atomic E-state index is -3.53. The highest BCUT2D eigenvalue weighted by Crippen LogP contribution is 2.15. The van der Waals surface area contributed by atoms with Crippen molar-refractivity contribution in [2.24, 2.45) is 0 Å². The van der Waals surface area contributed by atoms with Gasteiger partial charge in [-0.05, 0) is 57.9 Å². The molecule has 136 valence electrons. The van der Waals surface area contributed by atoms with Crippen molar-refractivity contribution in [1.29, 1.82) is 0 Å². The first-order valence-electron chi connectivity index (χ1n) is 8.66. The molecule has 0 aliphatic carbocycles. The molecule has 1 amide bonds. The summed E-state index contributed by atoms with van der Waals surface area (Å²) < 4.78 is 26.8. The summed E-state index contributed by atoms with van der Waals surface area (Å²) in [4.78, 5) is 14.8. The molecular weight excluding hydrogens is 324 g/mol. The zero-order valence-electron chi connectivity index (χ0n) is 15.4. The lowest BCUT2D eigenvalue weighted by molar-refractivity contribution is 0.0685. The molecule has 0 radical (unpaired) electrons. The molecule has 0 aromatic heterocycles. The summed E-state index contributed by atoms with van der Waals surface area (Å²) in [6.07, 6.45) is 2.87. The number of carbonyl (C=O) groups excluding carboxylic acids is 1. The van der Waals surface area contributed by atoms with Gasteiger partial charge in [0, 0.05) is 24.2 Å². The van der Waals surface area contributed by atoms with E-state index in [4.69, 9.17) is 0 Å². The standard InChI is InChI=1S/C18H30N2O3S/c1-6-8-13-20(15(5)7-2)18(21)16-9-11-17(12-10-16)24(22,23)19-14(3)4/h9-12,14-15,19H,6-8,13H2,1-5H3. The number of carbonyl (C=O) groups is 1. The van der Waals surface area contributed by atoms with Crippen LogP contribution >= 0.6 is 0 Å². The predicted octanol–water partition coefficient (Wildman–Crippen LogP) is 3.41. The van der Waals surface area contributed by atoms with Gasteiger partial charge in [0.15, 0.2) is 0 Å². The lowest BCUT2D eigenvalue weighted by Crippen LogP contribution is -2.39. The van der Waals surface area contributed by atoms with Crippen molar-refractivity contribution in [3.63, 3.8) is 0 Å². The second-order valence-electron chi connectivity index (χ2n) is 6.41. The summed E-state index contributed by atoms with van der Waals surface area (Å²) >= 11 is 0. The molecule has 1 N–H and O–H groups in total. The van der Waals surface area contributed by atoms with E-state index in [9.17, 15) is 13.2 Å². The van der Waals surface area contributed by atoms with Gasteiger partial charge in [0.2, 0.25) is 10.0 Å². The number of amides is 1. The van der Waals surface area contributed by atoms with E-state index in [1.54, 1.807) is 26.0 Å². The molecular formula is C18H30N2O3S. The van der Waals surface area contributed by atoms with Gasteiger partial charge in [0.1, 0.15) is 0 Å². The van der Waals surface area contributed by atoms with Gasteiger partial charge in [-0.15, -0.1) is 0 Å². The van der Waals surface area contributed by atoms with E-state index in [0.29, 0.717) is 5.56 Å². The Balaban J connectivity index is 2.99. The first-order chi connectivity index (χ1) is 11.2. The predicted molar refractivity (Wildman–Crippen MR) is 97.6 cm³/mol. The Bertz CT molecular complexity index is 624. The van der Waals surface area contributed by atoms with Crippen molar-refractivity contribution in [3.8, 4) is 0 Å². The van der Waals surface area contributed by atoms with Crippen molar-refractivity contribution in [1.82, 2.24) is 9.62 Å². The molecule has 1 aromatic carbocycles. The quantitative estimate of drug-likeness (QED) is 0.739. The monoisotopic (exact) mass is 354 g/mol. The highest BCUT2D eigenvalue weighted by molar-refractivity contribution is 7.89. The van der Waals surface area contributed by atoms with E-state index in [0.717, 1.165) is 25.8 Å². The summed E-state index contributed by atoms with van der Waals surface area (Å²) in [5.41, 5.74) is 0.523. The maximum Gasteiger partial charge on any atom is 0.254 e. The molecule has 24 heavy (non-hydrogen) atoms. The molecule has 0 fully saturated rings. The lowest BCUT2D eigenvalue weighted by atomic mass is 10.1. The Morgan fingerprint density at radius 1 is 1.12 bits per heavy atom. The third kappa shape index (κ3) is 5.60. The Labute approximate surface area is 146 Å². The Morgan fingerprint density at radius 2 is 1.71 bits per heavy atom. The molecule has 1 atom stereocenters. The van der Waals surface area contributed by atoms with Crippen LogP contribution in [0, 0.1) is 0 Å². The zero-order chi connectivity index (χ0) is 18.3. The Kier molecular flexibility index (Phi) is 7.90. The number of nitrogens with one attached hydrogen (secondary N) is 1. The van der Waals surface area contributed by atoms with Crippen molar-refractivity contribution < 1.29 is 13.2 Å². The number of hydrogen-bond donors (Lipinski definition) is 1. The minimum absolute atomic E-state index is 0.0430. The van der Waals surface area contributed by atoms with Crippen LogP contribution in [-0.2, 0) is 10.0 Å². The van der Waals surface area contributed by atoms with E-state index in [1.165, 1.54) is 12.1 Å². The summed E-state index contributed by atoms with van der Waals surface area (Å²) in [5, 5.41) is 0. The number of nitrogens with zero attached hydrogens (tertiary/aromatic N) is 1. The topological polar surface area (TPSA) is 66.5 Å². The van der Waals surface area contributed by atoms with E-state index < -0.39 is 10.0 Å². The van der Waals surface area contributed by atoms with Crippen molar-refractivity contribution in [2.45, 2.75) is 70.9 Å². The van der Waals surface area contributed by atoms with Gasteiger partial charge < -0.3 is 4.90 Å². The van der Waals surface area contributed by atoms with Crippen molar-refractivity contribution in [2.75, 3.05) is 6.54 Å². The Hall–Kier alpha value is -1.40. The third-order valence-electron chi connectivity index (χ3n) is 3.94. The summed E-state index contributed by atoms with van der Waals surface area (Å²) in [5.74, 6) is -0.0430. The van der Waals surface area contributed by atoms with Gasteiger partial charge in [-0.1, -0.05) is 20.3 Å². The molecule has 0 heterocycles. The fourth-order valence-electron chi connectivity index (χ4n) is 2.39. The highest BCUT2D eigenvalue weighted by atomic mass is 32.2. The molecule has 0 aliphatic heterocycles. The summed E-state index contributed by atoms with van der Waals surface area (Å²) in [7, 11) is -3.53. The molecule has 0 saturated heterocycles. The fourth-order valence-corrected chi connectivity index (χ4v) is 3.64. The summed E-state index contributed by atoms with van der Waals surface area (Å²) in [6, 6.07) is 6.16. The zero-order valence-corrected chi connectivity index (χ0v) is 16.2. The van der Waals surface area contributed by atoms with Crippen LogP contribution in [0.4, 0.5) is 0 Å². The van der Waals surface area contributed by atoms with Gasteiger partial charge in [-0.2, -0.15) is 0 Å². The molecule has 0 aliphatic rings. The van der Waals surface area contributed by atoms with Crippen LogP contribution in [0.25, 0.3) is 0 Å². The van der Waals surface area contributed by atoms with Crippen LogP contribution in [0.2, 0.25) is 0 Å². The second kappa shape index (κ2) is 9.18. The molecule has 0 spiro atoms. The smallest absolute Gasteiger partial charge is 0.254 e. The summed E-state index contributed by atoms with van der Waals surface area (Å²) in [6.45, 7) is 10.5. The highest BCUT2D eigenvalue weighted by Gasteiger charge is 2.21. The van der Waals surface area contributed by atoms with Gasteiger partial charge in [-0.3, -0.25) is 4.79 Å². The number of hydrogen-bond acceptors (Lipinski definition) is 3. The van der Waals surface area contributed by atoms with Crippen LogP contribution in [-0.4, -0.2) is 37.9 Å². The van der Waals surface area contributed by atoms with Gasteiger partial charge in [0.25, 0.3) is 5.91 Å². The number of rotatable bonds is 9. The molecule has 1 unspecified atom stereocenters. The van der Waals surface area contributed by atoms with E-state index in [2.05, 4.69) is 18.6 Å². The van der Waals surface area contributed by atoms with Crippen LogP contribution in [0.1, 0.15) is 64.2 Å². The van der Waals surface area contributed by atoms with Crippen LogP contribution in [0.15, 0.2) is 29.2 Å². The van der Waals surface area contributed by atoms with Gasteiger partial charge >= 0.3 is 0 Å². The fraction of sp³-hybridized carbons (Fsp3) is 0.611. The van der Waals surface area contributed by atoms with E-state index in [1.807, 2.05) is 11.8 Å².